The Balaban J connectivity index is 0.000000133. The van der Waals surface area contributed by atoms with Crippen LogP contribution in [0.4, 0.5) is 0 Å². The monoisotopic (exact) mass is 484 g/mol. The molecule has 0 fully saturated rings. The minimum Gasteiger partial charge on any atom is -0.220 e. The Kier molecular flexibility index (Phi) is 7.16. The van der Waals surface area contributed by atoms with Gasteiger partial charge < -0.3 is 0 Å². The summed E-state index contributed by atoms with van der Waals surface area (Å²) in [6, 6.07) is 24.6. The molecule has 2 heterocycles. The van der Waals surface area contributed by atoms with E-state index < -0.39 is 17.0 Å². The zero-order valence-corrected chi connectivity index (χ0v) is 19.0. The fraction of sp³-hybridized carbons (Fsp3) is 0. The summed E-state index contributed by atoms with van der Waals surface area (Å²) in [5.41, 5.74) is 1.99. The Labute approximate surface area is 193 Å². The molecule has 0 aliphatic heterocycles. The number of tetrazole rings is 2. The number of fused-ring (bicyclic) bond motifs is 2. The van der Waals surface area contributed by atoms with Crippen molar-refractivity contribution in [3.63, 3.8) is 0 Å². The van der Waals surface area contributed by atoms with E-state index in [2.05, 4.69) is 79.6 Å². The van der Waals surface area contributed by atoms with E-state index in [-0.39, 0.29) is 0 Å². The summed E-state index contributed by atoms with van der Waals surface area (Å²) in [6.07, 6.45) is 3.18. The van der Waals surface area contributed by atoms with E-state index in [1.807, 2.05) is 24.3 Å². The van der Waals surface area contributed by atoms with Gasteiger partial charge in [0.25, 0.3) is 0 Å². The molecule has 8 nitrogen and oxygen atoms in total. The van der Waals surface area contributed by atoms with Crippen molar-refractivity contribution in [1.29, 1.82) is 0 Å². The summed E-state index contributed by atoms with van der Waals surface area (Å²) in [6.45, 7) is 0. The second-order valence-electron chi connectivity index (χ2n) is 6.27. The van der Waals surface area contributed by atoms with Crippen LogP contribution in [-0.2, 0) is 17.0 Å². The summed E-state index contributed by atoms with van der Waals surface area (Å²) < 4.78 is 3.31. The van der Waals surface area contributed by atoms with Gasteiger partial charge in [-0.2, -0.15) is 0 Å². The molecule has 0 saturated heterocycles. The first kappa shape index (κ1) is 21.3. The largest absolute Gasteiger partial charge is 0.220 e. The molecule has 0 aliphatic carbocycles. The third-order valence-electron chi connectivity index (χ3n) is 4.43. The molecule has 0 amide bonds. The van der Waals surface area contributed by atoms with Crippen LogP contribution in [0.5, 0.6) is 0 Å². The topological polar surface area (TPSA) is 87.2 Å². The quantitative estimate of drug-likeness (QED) is 0.266. The van der Waals surface area contributed by atoms with Crippen LogP contribution in [0.15, 0.2) is 85.5 Å². The first-order valence-corrected chi connectivity index (χ1v) is 13.3. The van der Waals surface area contributed by atoms with Crippen molar-refractivity contribution in [3.05, 3.63) is 85.5 Å². The first-order chi connectivity index (χ1) is 15.3. The number of benzene rings is 2. The van der Waals surface area contributed by atoms with E-state index in [4.69, 9.17) is 18.6 Å². The average Bonchev–Trinajstić information content (AvgIpc) is 3.60. The molecule has 2 aromatic heterocycles. The molecule has 0 unspecified atom stereocenters. The van der Waals surface area contributed by atoms with Crippen molar-refractivity contribution >= 4 is 40.2 Å². The molecule has 0 saturated carbocycles. The van der Waals surface area contributed by atoms with Gasteiger partial charge in [-0.3, -0.25) is 0 Å². The second-order valence-corrected chi connectivity index (χ2v) is 8.84. The van der Waals surface area contributed by atoms with Gasteiger partial charge in [-0.05, 0) is 32.2 Å². The molecule has 0 radical (unpaired) electrons. The van der Waals surface area contributed by atoms with E-state index in [0.717, 1.165) is 11.4 Å². The maximum Gasteiger partial charge on any atom is 0.141 e. The molecule has 6 rings (SSSR count). The molecular formula is C20H14Cl2N8Ti-2. The fourth-order valence-electron chi connectivity index (χ4n) is 3.09. The molecule has 6 aromatic rings. The molecule has 154 valence electrons. The van der Waals surface area contributed by atoms with E-state index in [0.29, 0.717) is 0 Å². The van der Waals surface area contributed by atoms with Crippen LogP contribution in [0.1, 0.15) is 0 Å². The number of aromatic nitrogens is 8. The Morgan fingerprint density at radius 3 is 1.45 bits per heavy atom. The van der Waals surface area contributed by atoms with Crippen molar-refractivity contribution in [3.8, 4) is 11.4 Å². The predicted octanol–water partition coefficient (Wildman–Crippen LogP) is 4.45. The zero-order chi connectivity index (χ0) is 21.5. The molecule has 0 spiro atoms. The van der Waals surface area contributed by atoms with Crippen molar-refractivity contribution in [2.75, 3.05) is 0 Å². The van der Waals surface area contributed by atoms with Gasteiger partial charge in [-0.15, -0.1) is 92.4 Å². The van der Waals surface area contributed by atoms with Gasteiger partial charge in [0.15, 0.2) is 0 Å². The number of hydrogen-bond acceptors (Lipinski definition) is 6. The summed E-state index contributed by atoms with van der Waals surface area (Å²) in [5, 5.41) is 26.9. The van der Waals surface area contributed by atoms with E-state index in [1.165, 1.54) is 21.5 Å². The van der Waals surface area contributed by atoms with E-state index in [1.54, 1.807) is 22.0 Å². The van der Waals surface area contributed by atoms with Gasteiger partial charge >= 0.3 is 35.6 Å². The predicted molar refractivity (Wildman–Crippen MR) is 116 cm³/mol. The van der Waals surface area contributed by atoms with E-state index >= 15 is 0 Å². The van der Waals surface area contributed by atoms with Crippen LogP contribution >= 0.6 is 18.6 Å². The van der Waals surface area contributed by atoms with Crippen LogP contribution in [0.2, 0.25) is 0 Å². The molecule has 0 aliphatic rings. The maximum absolute atomic E-state index is 4.89. The minimum atomic E-state index is -0.556. The third kappa shape index (κ3) is 5.23. The van der Waals surface area contributed by atoms with Crippen LogP contribution in [0.3, 0.4) is 0 Å². The first-order valence-electron chi connectivity index (χ1n) is 9.02. The molecule has 0 N–H and O–H groups in total. The maximum atomic E-state index is 4.89. The molecule has 0 bridgehead atoms. The van der Waals surface area contributed by atoms with Gasteiger partial charge in [0.1, 0.15) is 12.7 Å². The van der Waals surface area contributed by atoms with Gasteiger partial charge in [0, 0.05) is 0 Å². The van der Waals surface area contributed by atoms with Gasteiger partial charge in [0.2, 0.25) is 0 Å². The SMILES string of the molecule is [Cl][Ti][Cl].c1ccc2[cH-]c(-n3cnnn3)cc2c1.c1ccc2[cH-]c(-n3cnnn3)cc2c1. The van der Waals surface area contributed by atoms with Gasteiger partial charge in [-0.25, -0.2) is 9.36 Å². The smallest absolute Gasteiger partial charge is 0.141 e. The van der Waals surface area contributed by atoms with Crippen LogP contribution in [0.25, 0.3) is 32.9 Å². The van der Waals surface area contributed by atoms with Gasteiger partial charge in [0.05, 0.1) is 0 Å². The molecule has 11 heteroatoms. The number of rotatable bonds is 2. The summed E-state index contributed by atoms with van der Waals surface area (Å²) in [4.78, 5) is 0. The fourth-order valence-corrected chi connectivity index (χ4v) is 3.09. The Morgan fingerprint density at radius 1 is 0.677 bits per heavy atom. The van der Waals surface area contributed by atoms with Crippen LogP contribution in [0, 0.1) is 0 Å². The van der Waals surface area contributed by atoms with Gasteiger partial charge in [-0.1, -0.05) is 12.1 Å². The molecular weight excluding hydrogens is 471 g/mol. The molecule has 4 aromatic carbocycles. The van der Waals surface area contributed by atoms with E-state index in [9.17, 15) is 0 Å². The van der Waals surface area contributed by atoms with Crippen LogP contribution in [-0.4, -0.2) is 40.4 Å². The zero-order valence-electron chi connectivity index (χ0n) is 15.9. The van der Waals surface area contributed by atoms with Crippen molar-refractivity contribution < 1.29 is 17.0 Å². The Hall–Kier alpha value is -2.91. The van der Waals surface area contributed by atoms with Crippen LogP contribution < -0.4 is 0 Å². The second kappa shape index (κ2) is 10.4. The normalized spacial score (nSPS) is 10.3. The summed E-state index contributed by atoms with van der Waals surface area (Å²) in [7, 11) is 9.78. The number of halogens is 2. The summed E-state index contributed by atoms with van der Waals surface area (Å²) >= 11 is -0.556. The average molecular weight is 485 g/mol. The van der Waals surface area contributed by atoms with Crippen molar-refractivity contribution in [2.24, 2.45) is 0 Å². The third-order valence-corrected chi connectivity index (χ3v) is 4.43. The number of hydrogen-bond donors (Lipinski definition) is 0. The minimum absolute atomic E-state index is 0.556. The number of nitrogens with zero attached hydrogens (tertiary/aromatic N) is 8. The Bertz CT molecular complexity index is 1170. The standard InChI is InChI=1S/2C10H7N4.2ClH.Ti/c2*1-2-4-9-6-10(5-8(9)3-1)14-7-11-12-13-14;;;/h2*1-7H;2*1H;/q2*-1;;;+2/p-2. The molecule has 0 atom stereocenters. The van der Waals surface area contributed by atoms with Crippen molar-refractivity contribution in [1.82, 2.24) is 40.4 Å². The Morgan fingerprint density at radius 2 is 1.10 bits per heavy atom. The summed E-state index contributed by atoms with van der Waals surface area (Å²) in [5.74, 6) is 0. The molecule has 31 heavy (non-hydrogen) atoms. The van der Waals surface area contributed by atoms with Crippen molar-refractivity contribution in [2.45, 2.75) is 0 Å².